The molecule has 3 heterocycles. The van der Waals surface area contributed by atoms with E-state index < -0.39 is 10.0 Å². The molecule has 3 N–H and O–H groups in total. The Morgan fingerprint density at radius 3 is 2.64 bits per heavy atom. The first-order valence-corrected chi connectivity index (χ1v) is 12.8. The highest BCUT2D eigenvalue weighted by Crippen LogP contribution is 2.29. The molecule has 10 nitrogen and oxygen atoms in total. The molecular weight excluding hydrogens is 442 g/mol. The standard InChI is InChI=1S/C22H33N7O3S/c1-27-8-10-29(11-9-27)33(30,31)19-5-2-4-18(16-19)20-17-25-22(23)26-21(20)24-6-3-7-28-12-14-32-15-13-28/h2,4-5,16-17H,3,6-15H2,1H3,(H3,23,24,25,26). The smallest absolute Gasteiger partial charge is 0.243 e. The highest BCUT2D eigenvalue weighted by Gasteiger charge is 2.27. The first-order chi connectivity index (χ1) is 15.9. The summed E-state index contributed by atoms with van der Waals surface area (Å²) < 4.78 is 33.4. The van der Waals surface area contributed by atoms with E-state index in [-0.39, 0.29) is 10.8 Å². The van der Waals surface area contributed by atoms with E-state index in [4.69, 9.17) is 10.5 Å². The molecule has 0 bridgehead atoms. The first-order valence-electron chi connectivity index (χ1n) is 11.4. The molecule has 0 amide bonds. The van der Waals surface area contributed by atoms with Gasteiger partial charge in [0, 0.05) is 57.6 Å². The van der Waals surface area contributed by atoms with Crippen molar-refractivity contribution in [2.75, 3.05) is 83.7 Å². The number of anilines is 2. The normalized spacial score (nSPS) is 18.9. The van der Waals surface area contributed by atoms with Gasteiger partial charge in [0.15, 0.2) is 0 Å². The van der Waals surface area contributed by atoms with Gasteiger partial charge in [-0.05, 0) is 37.7 Å². The average molecular weight is 476 g/mol. The molecule has 0 saturated carbocycles. The third-order valence-electron chi connectivity index (χ3n) is 6.10. The molecule has 180 valence electrons. The summed E-state index contributed by atoms with van der Waals surface area (Å²) in [6, 6.07) is 6.97. The Kier molecular flexibility index (Phi) is 7.76. The quantitative estimate of drug-likeness (QED) is 0.535. The van der Waals surface area contributed by atoms with E-state index >= 15 is 0 Å². The van der Waals surface area contributed by atoms with Crippen molar-refractivity contribution in [2.24, 2.45) is 0 Å². The number of nitrogens with one attached hydrogen (secondary N) is 1. The van der Waals surface area contributed by atoms with Crippen molar-refractivity contribution < 1.29 is 13.2 Å². The first kappa shape index (κ1) is 23.8. The molecule has 0 aliphatic carbocycles. The molecule has 1 aromatic heterocycles. The van der Waals surface area contributed by atoms with Gasteiger partial charge in [-0.3, -0.25) is 4.90 Å². The van der Waals surface area contributed by atoms with Gasteiger partial charge < -0.3 is 20.7 Å². The summed E-state index contributed by atoms with van der Waals surface area (Å²) in [7, 11) is -1.56. The van der Waals surface area contributed by atoms with Crippen molar-refractivity contribution in [1.82, 2.24) is 24.1 Å². The number of hydrogen-bond acceptors (Lipinski definition) is 9. The fourth-order valence-corrected chi connectivity index (χ4v) is 5.55. The zero-order chi connectivity index (χ0) is 23.3. The zero-order valence-electron chi connectivity index (χ0n) is 19.1. The van der Waals surface area contributed by atoms with E-state index in [1.165, 1.54) is 0 Å². The maximum absolute atomic E-state index is 13.2. The molecule has 2 saturated heterocycles. The Bertz CT molecular complexity index is 1040. The number of sulfonamides is 1. The third-order valence-corrected chi connectivity index (χ3v) is 7.99. The second-order valence-electron chi connectivity index (χ2n) is 8.46. The van der Waals surface area contributed by atoms with Gasteiger partial charge in [-0.25, -0.2) is 13.4 Å². The Morgan fingerprint density at radius 1 is 1.12 bits per heavy atom. The number of ether oxygens (including phenoxy) is 1. The molecule has 1 aromatic carbocycles. The van der Waals surface area contributed by atoms with E-state index in [2.05, 4.69) is 25.1 Å². The number of morpholine rings is 1. The summed E-state index contributed by atoms with van der Waals surface area (Å²) in [4.78, 5) is 13.3. The number of nitrogens with two attached hydrogens (primary N) is 1. The molecule has 33 heavy (non-hydrogen) atoms. The summed E-state index contributed by atoms with van der Waals surface area (Å²) in [5.74, 6) is 0.786. The Labute approximate surface area is 195 Å². The summed E-state index contributed by atoms with van der Waals surface area (Å²) in [5.41, 5.74) is 7.31. The van der Waals surface area contributed by atoms with Crippen molar-refractivity contribution in [3.63, 3.8) is 0 Å². The molecule has 4 rings (SSSR count). The highest BCUT2D eigenvalue weighted by atomic mass is 32.2. The number of piperazine rings is 1. The largest absolute Gasteiger partial charge is 0.379 e. The van der Waals surface area contributed by atoms with Gasteiger partial charge in [0.25, 0.3) is 0 Å². The van der Waals surface area contributed by atoms with Crippen LogP contribution in [-0.2, 0) is 14.8 Å². The summed E-state index contributed by atoms with van der Waals surface area (Å²) in [5, 5.41) is 3.36. The van der Waals surface area contributed by atoms with Crippen molar-refractivity contribution in [3.05, 3.63) is 30.5 Å². The minimum Gasteiger partial charge on any atom is -0.379 e. The van der Waals surface area contributed by atoms with Crippen LogP contribution in [0.4, 0.5) is 11.8 Å². The minimum absolute atomic E-state index is 0.177. The van der Waals surface area contributed by atoms with Crippen LogP contribution in [0, 0.1) is 0 Å². The predicted octanol–water partition coefficient (Wildman–Crippen LogP) is 0.796. The minimum atomic E-state index is -3.57. The van der Waals surface area contributed by atoms with Crippen LogP contribution in [0.15, 0.2) is 35.4 Å². The molecule has 2 aliphatic rings. The van der Waals surface area contributed by atoms with Crippen LogP contribution in [0.2, 0.25) is 0 Å². The van der Waals surface area contributed by atoms with Crippen LogP contribution in [0.3, 0.4) is 0 Å². The van der Waals surface area contributed by atoms with Crippen LogP contribution in [0.25, 0.3) is 11.1 Å². The molecule has 0 radical (unpaired) electrons. The SMILES string of the molecule is CN1CCN(S(=O)(=O)c2cccc(-c3cnc(N)nc3NCCCN3CCOCC3)c2)CC1. The lowest BCUT2D eigenvalue weighted by molar-refractivity contribution is 0.0378. The van der Waals surface area contributed by atoms with Gasteiger partial charge in [-0.1, -0.05) is 12.1 Å². The Morgan fingerprint density at radius 2 is 1.88 bits per heavy atom. The molecule has 0 atom stereocenters. The second-order valence-corrected chi connectivity index (χ2v) is 10.4. The molecule has 2 fully saturated rings. The van der Waals surface area contributed by atoms with Gasteiger partial charge in [0.2, 0.25) is 16.0 Å². The fourth-order valence-electron chi connectivity index (χ4n) is 4.08. The Balaban J connectivity index is 1.48. The maximum Gasteiger partial charge on any atom is 0.243 e. The fraction of sp³-hybridized carbons (Fsp3) is 0.545. The summed E-state index contributed by atoms with van der Waals surface area (Å²) >= 11 is 0. The third kappa shape index (κ3) is 5.98. The molecule has 0 spiro atoms. The van der Waals surface area contributed by atoms with Gasteiger partial charge >= 0.3 is 0 Å². The van der Waals surface area contributed by atoms with Gasteiger partial charge in [0.05, 0.1) is 18.1 Å². The van der Waals surface area contributed by atoms with Crippen molar-refractivity contribution in [1.29, 1.82) is 0 Å². The molecular formula is C22H33N7O3S. The number of nitrogen functional groups attached to an aromatic ring is 1. The van der Waals surface area contributed by atoms with E-state index in [0.717, 1.165) is 70.0 Å². The van der Waals surface area contributed by atoms with Crippen LogP contribution in [-0.4, -0.2) is 105 Å². The van der Waals surface area contributed by atoms with Gasteiger partial charge in [-0.2, -0.15) is 9.29 Å². The van der Waals surface area contributed by atoms with Crippen molar-refractivity contribution in [3.8, 4) is 11.1 Å². The molecule has 2 aromatic rings. The number of likely N-dealkylation sites (N-methyl/N-ethyl adjacent to an activating group) is 1. The Hall–Kier alpha value is -2.31. The van der Waals surface area contributed by atoms with Crippen molar-refractivity contribution >= 4 is 21.8 Å². The summed E-state index contributed by atoms with van der Waals surface area (Å²) in [6.45, 7) is 7.62. The lowest BCUT2D eigenvalue weighted by atomic mass is 10.1. The lowest BCUT2D eigenvalue weighted by Gasteiger charge is -2.31. The number of rotatable bonds is 8. The molecule has 11 heteroatoms. The highest BCUT2D eigenvalue weighted by molar-refractivity contribution is 7.89. The van der Waals surface area contributed by atoms with Crippen LogP contribution < -0.4 is 11.1 Å². The zero-order valence-corrected chi connectivity index (χ0v) is 19.9. The van der Waals surface area contributed by atoms with E-state index in [1.807, 2.05) is 13.1 Å². The molecule has 0 unspecified atom stereocenters. The average Bonchev–Trinajstić information content (AvgIpc) is 2.83. The predicted molar refractivity (Wildman–Crippen MR) is 129 cm³/mol. The van der Waals surface area contributed by atoms with Gasteiger partial charge in [-0.15, -0.1) is 0 Å². The van der Waals surface area contributed by atoms with E-state index in [1.54, 1.807) is 28.7 Å². The van der Waals surface area contributed by atoms with Crippen molar-refractivity contribution in [2.45, 2.75) is 11.3 Å². The van der Waals surface area contributed by atoms with E-state index in [0.29, 0.717) is 18.9 Å². The van der Waals surface area contributed by atoms with Crippen LogP contribution in [0.1, 0.15) is 6.42 Å². The summed E-state index contributed by atoms with van der Waals surface area (Å²) in [6.07, 6.45) is 2.59. The van der Waals surface area contributed by atoms with E-state index in [9.17, 15) is 8.42 Å². The second kappa shape index (κ2) is 10.7. The number of hydrogen-bond donors (Lipinski definition) is 2. The monoisotopic (exact) mass is 475 g/mol. The number of aromatic nitrogens is 2. The number of benzene rings is 1. The van der Waals surface area contributed by atoms with Crippen LogP contribution >= 0.6 is 0 Å². The van der Waals surface area contributed by atoms with Gasteiger partial charge in [0.1, 0.15) is 5.82 Å². The van der Waals surface area contributed by atoms with Crippen LogP contribution in [0.5, 0.6) is 0 Å². The maximum atomic E-state index is 13.2. The topological polar surface area (TPSA) is 117 Å². The number of nitrogens with zero attached hydrogens (tertiary/aromatic N) is 5. The molecule has 2 aliphatic heterocycles. The lowest BCUT2D eigenvalue weighted by Crippen LogP contribution is -2.47.